The Kier molecular flexibility index (Phi) is 6.90. The minimum atomic E-state index is -0.347. The topological polar surface area (TPSA) is 124 Å². The summed E-state index contributed by atoms with van der Waals surface area (Å²) in [6, 6.07) is 10.1. The van der Waals surface area contributed by atoms with Gasteiger partial charge in [-0.1, -0.05) is 19.9 Å². The highest BCUT2D eigenvalue weighted by Gasteiger charge is 2.54. The summed E-state index contributed by atoms with van der Waals surface area (Å²) in [5.41, 5.74) is 8.21. The Labute approximate surface area is 224 Å². The van der Waals surface area contributed by atoms with Crippen molar-refractivity contribution >= 4 is 11.7 Å². The van der Waals surface area contributed by atoms with Crippen LogP contribution in [0, 0.1) is 5.41 Å². The highest BCUT2D eigenvalue weighted by Crippen LogP contribution is 2.48. The molecule has 2 fully saturated rings. The number of piperidine rings is 1. The number of likely N-dealkylation sites (tertiary alicyclic amines) is 1. The highest BCUT2D eigenvalue weighted by molar-refractivity contribution is 5.77. The number of H-pyrrole nitrogens is 1. The van der Waals surface area contributed by atoms with E-state index in [0.29, 0.717) is 36.8 Å². The Bertz CT molecular complexity index is 1270. The number of anilines is 1. The molecule has 3 heterocycles. The number of amides is 1. The van der Waals surface area contributed by atoms with Gasteiger partial charge in [0.2, 0.25) is 5.91 Å². The number of phenols is 1. The molecule has 1 aromatic carbocycles. The van der Waals surface area contributed by atoms with E-state index in [1.54, 1.807) is 18.5 Å². The Morgan fingerprint density at radius 1 is 1.13 bits per heavy atom. The van der Waals surface area contributed by atoms with Crippen LogP contribution in [0.1, 0.15) is 59.8 Å². The van der Waals surface area contributed by atoms with E-state index in [4.69, 9.17) is 10.8 Å². The molecule has 2 aliphatic rings. The van der Waals surface area contributed by atoms with Crippen molar-refractivity contribution in [3.8, 4) is 28.1 Å². The van der Waals surface area contributed by atoms with E-state index in [1.807, 2.05) is 29.2 Å². The average molecular weight is 518 g/mol. The molecular formula is C29H39N7O2. The third kappa shape index (κ3) is 4.42. The maximum atomic E-state index is 12.9. The van der Waals surface area contributed by atoms with Crippen LogP contribution in [0.25, 0.3) is 22.4 Å². The van der Waals surface area contributed by atoms with Gasteiger partial charge in [-0.15, -0.1) is 10.2 Å². The molecule has 1 atom stereocenters. The van der Waals surface area contributed by atoms with Gasteiger partial charge in [-0.2, -0.15) is 5.10 Å². The molecule has 1 saturated heterocycles. The zero-order chi connectivity index (χ0) is 27.1. The number of aromatic nitrogens is 4. The predicted molar refractivity (Wildman–Crippen MR) is 148 cm³/mol. The SMILES string of the molecule is CC1(C)C(N(c2ccc(-c3ccc(-c4cn[nH]c4)cc3O)nn2)C2CCC2)CCN(C(=O)CCN)C1(C)C. The number of phenolic OH excluding ortho intramolecular Hbond substituents is 1. The molecule has 1 amide bonds. The number of carbonyl (C=O) groups is 1. The molecule has 5 rings (SSSR count). The van der Waals surface area contributed by atoms with Crippen molar-refractivity contribution < 1.29 is 9.90 Å². The van der Waals surface area contributed by atoms with Crippen LogP contribution in [0.3, 0.4) is 0 Å². The number of rotatable bonds is 7. The van der Waals surface area contributed by atoms with Gasteiger partial charge in [-0.3, -0.25) is 9.89 Å². The molecule has 1 unspecified atom stereocenters. The van der Waals surface area contributed by atoms with E-state index in [2.05, 4.69) is 47.9 Å². The summed E-state index contributed by atoms with van der Waals surface area (Å²) >= 11 is 0. The molecular weight excluding hydrogens is 478 g/mol. The van der Waals surface area contributed by atoms with Crippen LogP contribution in [0.4, 0.5) is 5.82 Å². The van der Waals surface area contributed by atoms with Crippen LogP contribution >= 0.6 is 0 Å². The fourth-order valence-electron chi connectivity index (χ4n) is 6.04. The summed E-state index contributed by atoms with van der Waals surface area (Å²) < 4.78 is 0. The molecule has 9 heteroatoms. The van der Waals surface area contributed by atoms with Crippen LogP contribution in [0.2, 0.25) is 0 Å². The molecule has 3 aromatic rings. The van der Waals surface area contributed by atoms with E-state index in [-0.39, 0.29) is 28.7 Å². The maximum absolute atomic E-state index is 12.9. The second-order valence-corrected chi connectivity index (χ2v) is 11.7. The molecule has 9 nitrogen and oxygen atoms in total. The number of aromatic amines is 1. The van der Waals surface area contributed by atoms with E-state index in [0.717, 1.165) is 36.2 Å². The summed E-state index contributed by atoms with van der Waals surface area (Å²) in [6.07, 6.45) is 8.22. The van der Waals surface area contributed by atoms with Gasteiger partial charge >= 0.3 is 0 Å². The molecule has 0 spiro atoms. The van der Waals surface area contributed by atoms with Crippen LogP contribution in [0.15, 0.2) is 42.7 Å². The second kappa shape index (κ2) is 10.0. The lowest BCUT2D eigenvalue weighted by Gasteiger charge is -2.61. The van der Waals surface area contributed by atoms with Gasteiger partial charge in [0.05, 0.1) is 11.9 Å². The van der Waals surface area contributed by atoms with Crippen molar-refractivity contribution in [2.24, 2.45) is 11.1 Å². The first-order valence-corrected chi connectivity index (χ1v) is 13.6. The maximum Gasteiger partial charge on any atom is 0.224 e. The van der Waals surface area contributed by atoms with Gasteiger partial charge < -0.3 is 20.6 Å². The molecule has 4 N–H and O–H groups in total. The fraction of sp³-hybridized carbons (Fsp3) is 0.517. The van der Waals surface area contributed by atoms with Crippen molar-refractivity contribution in [2.75, 3.05) is 18.0 Å². The smallest absolute Gasteiger partial charge is 0.224 e. The van der Waals surface area contributed by atoms with Gasteiger partial charge in [-0.25, -0.2) is 0 Å². The van der Waals surface area contributed by atoms with Crippen molar-refractivity contribution in [2.45, 2.75) is 77.4 Å². The number of carbonyl (C=O) groups excluding carboxylic acids is 1. The van der Waals surface area contributed by atoms with E-state index in [9.17, 15) is 9.90 Å². The zero-order valence-corrected chi connectivity index (χ0v) is 22.8. The van der Waals surface area contributed by atoms with Crippen LogP contribution in [-0.4, -0.2) is 67.0 Å². The Morgan fingerprint density at radius 2 is 1.92 bits per heavy atom. The summed E-state index contributed by atoms with van der Waals surface area (Å²) in [5.74, 6) is 1.13. The Balaban J connectivity index is 1.43. The van der Waals surface area contributed by atoms with Gasteiger partial charge in [-0.05, 0) is 69.4 Å². The summed E-state index contributed by atoms with van der Waals surface area (Å²) in [5, 5.41) is 26.8. The van der Waals surface area contributed by atoms with E-state index in [1.165, 1.54) is 6.42 Å². The molecule has 2 aromatic heterocycles. The van der Waals surface area contributed by atoms with Crippen molar-refractivity contribution in [1.82, 2.24) is 25.3 Å². The monoisotopic (exact) mass is 517 g/mol. The lowest BCUT2D eigenvalue weighted by molar-refractivity contribution is -0.147. The molecule has 1 aliphatic heterocycles. The molecule has 1 aliphatic carbocycles. The van der Waals surface area contributed by atoms with Crippen LogP contribution in [-0.2, 0) is 4.79 Å². The number of hydrogen-bond donors (Lipinski definition) is 3. The number of nitrogens with one attached hydrogen (secondary N) is 1. The third-order valence-electron chi connectivity index (χ3n) is 9.19. The quantitative estimate of drug-likeness (QED) is 0.425. The zero-order valence-electron chi connectivity index (χ0n) is 22.8. The number of aromatic hydroxyl groups is 1. The second-order valence-electron chi connectivity index (χ2n) is 11.7. The fourth-order valence-corrected chi connectivity index (χ4v) is 6.04. The predicted octanol–water partition coefficient (Wildman–Crippen LogP) is 4.35. The van der Waals surface area contributed by atoms with E-state index < -0.39 is 0 Å². The molecule has 0 radical (unpaired) electrons. The third-order valence-corrected chi connectivity index (χ3v) is 9.19. The number of benzene rings is 1. The standard InChI is InChI=1S/C29H39N7O2/c1-28(2)25(13-15-35(29(28,3)4)27(38)12-14-30)36(21-6-5-7-21)26-11-10-23(33-34-26)22-9-8-19(16-24(22)37)20-17-31-32-18-20/h8-11,16-18,21,25,37H,5-7,12-15,30H2,1-4H3,(H,31,32). The Morgan fingerprint density at radius 3 is 2.50 bits per heavy atom. The van der Waals surface area contributed by atoms with Gasteiger partial charge in [0.25, 0.3) is 0 Å². The number of nitrogens with two attached hydrogens (primary N) is 1. The van der Waals surface area contributed by atoms with Crippen molar-refractivity contribution in [1.29, 1.82) is 0 Å². The minimum Gasteiger partial charge on any atom is -0.507 e. The van der Waals surface area contributed by atoms with Gasteiger partial charge in [0.1, 0.15) is 5.75 Å². The summed E-state index contributed by atoms with van der Waals surface area (Å²) in [7, 11) is 0. The van der Waals surface area contributed by atoms with Gasteiger partial charge in [0.15, 0.2) is 5.82 Å². The van der Waals surface area contributed by atoms with Crippen molar-refractivity contribution in [3.63, 3.8) is 0 Å². The molecule has 0 bridgehead atoms. The lowest BCUT2D eigenvalue weighted by atomic mass is 9.63. The largest absolute Gasteiger partial charge is 0.507 e. The Hall–Kier alpha value is -3.46. The lowest BCUT2D eigenvalue weighted by Crippen LogP contribution is -2.69. The molecule has 1 saturated carbocycles. The van der Waals surface area contributed by atoms with Crippen LogP contribution in [0.5, 0.6) is 5.75 Å². The average Bonchev–Trinajstić information content (AvgIpc) is 3.39. The van der Waals surface area contributed by atoms with E-state index >= 15 is 0 Å². The first-order chi connectivity index (χ1) is 18.1. The highest BCUT2D eigenvalue weighted by atomic mass is 16.3. The minimum absolute atomic E-state index is 0.127. The number of nitrogens with zero attached hydrogens (tertiary/aromatic N) is 5. The van der Waals surface area contributed by atoms with Crippen molar-refractivity contribution in [3.05, 3.63) is 42.7 Å². The summed E-state index contributed by atoms with van der Waals surface area (Å²) in [4.78, 5) is 17.4. The molecule has 202 valence electrons. The summed E-state index contributed by atoms with van der Waals surface area (Å²) in [6.45, 7) is 9.96. The first kappa shape index (κ1) is 26.2. The number of hydrogen-bond acceptors (Lipinski definition) is 7. The van der Waals surface area contributed by atoms with Crippen LogP contribution < -0.4 is 10.6 Å². The normalized spacial score (nSPS) is 20.7. The first-order valence-electron chi connectivity index (χ1n) is 13.6. The van der Waals surface area contributed by atoms with Gasteiger partial charge in [0, 0.05) is 59.9 Å². The molecule has 38 heavy (non-hydrogen) atoms.